The predicted molar refractivity (Wildman–Crippen MR) is 94.5 cm³/mol. The fourth-order valence-electron chi connectivity index (χ4n) is 3.19. The van der Waals surface area contributed by atoms with Crippen molar-refractivity contribution in [2.24, 2.45) is 0 Å². The number of nitriles is 1. The Bertz CT molecular complexity index is 826. The summed E-state index contributed by atoms with van der Waals surface area (Å²) in [5.41, 5.74) is 2.24. The van der Waals surface area contributed by atoms with Crippen LogP contribution < -0.4 is 0 Å². The molecule has 0 aromatic heterocycles. The van der Waals surface area contributed by atoms with Gasteiger partial charge in [0.25, 0.3) is 5.91 Å². The van der Waals surface area contributed by atoms with Gasteiger partial charge < -0.3 is 9.80 Å². The number of halogens is 1. The van der Waals surface area contributed by atoms with Crippen molar-refractivity contribution in [1.29, 1.82) is 5.26 Å². The van der Waals surface area contributed by atoms with E-state index in [1.807, 2.05) is 30.1 Å². The van der Waals surface area contributed by atoms with Crippen LogP contribution in [0.1, 0.15) is 22.3 Å². The summed E-state index contributed by atoms with van der Waals surface area (Å²) in [6.07, 6.45) is 0.989. The normalized spacial score (nSPS) is 17.3. The third-order valence-corrected chi connectivity index (χ3v) is 4.79. The third-order valence-electron chi connectivity index (χ3n) is 4.79. The minimum Gasteiger partial charge on any atom is -0.337 e. The monoisotopic (exact) mass is 337 g/mol. The van der Waals surface area contributed by atoms with Gasteiger partial charge in [0.2, 0.25) is 0 Å². The second kappa shape index (κ2) is 7.04. The minimum atomic E-state index is -0.527. The Morgan fingerprint density at radius 3 is 2.52 bits per heavy atom. The van der Waals surface area contributed by atoms with Gasteiger partial charge in [0.1, 0.15) is 11.9 Å². The van der Waals surface area contributed by atoms with Crippen LogP contribution in [-0.4, -0.2) is 48.9 Å². The maximum atomic E-state index is 13.4. The van der Waals surface area contributed by atoms with Gasteiger partial charge in [-0.2, -0.15) is 5.26 Å². The lowest BCUT2D eigenvalue weighted by atomic mass is 10.0. The summed E-state index contributed by atoms with van der Waals surface area (Å²) in [7, 11) is 3.91. The lowest BCUT2D eigenvalue weighted by Crippen LogP contribution is -2.38. The first-order valence-corrected chi connectivity index (χ1v) is 8.25. The summed E-state index contributed by atoms with van der Waals surface area (Å²) < 4.78 is 13.4. The lowest BCUT2D eigenvalue weighted by molar-refractivity contribution is 0.0737. The summed E-state index contributed by atoms with van der Waals surface area (Å²) in [5, 5.41) is 8.95. The number of likely N-dealkylation sites (tertiary alicyclic amines) is 1. The number of benzene rings is 2. The first-order valence-electron chi connectivity index (χ1n) is 8.25. The lowest BCUT2D eigenvalue weighted by Gasteiger charge is -2.24. The van der Waals surface area contributed by atoms with Gasteiger partial charge in [-0.3, -0.25) is 4.79 Å². The van der Waals surface area contributed by atoms with Crippen LogP contribution in [0.3, 0.4) is 0 Å². The van der Waals surface area contributed by atoms with Gasteiger partial charge in [-0.1, -0.05) is 18.2 Å². The molecule has 0 bridgehead atoms. The number of hydrogen-bond donors (Lipinski definition) is 0. The van der Waals surface area contributed by atoms with E-state index in [-0.39, 0.29) is 17.5 Å². The third kappa shape index (κ3) is 3.54. The highest BCUT2D eigenvalue weighted by Crippen LogP contribution is 2.23. The average molecular weight is 337 g/mol. The molecule has 1 aliphatic heterocycles. The standard InChI is InChI=1S/C20H20FN3O/c1-23-10-9-18(13-23)24(2)20(25)15-5-3-14(4-6-15)16-7-8-19(21)17(11-16)12-22/h3-8,11,18H,9-10,13H2,1-2H3/t18-/m1/s1. The van der Waals surface area contributed by atoms with E-state index in [9.17, 15) is 9.18 Å². The van der Waals surface area contributed by atoms with Crippen molar-refractivity contribution in [3.63, 3.8) is 0 Å². The van der Waals surface area contributed by atoms with Crippen molar-refractivity contribution >= 4 is 5.91 Å². The molecule has 0 N–H and O–H groups in total. The molecule has 0 unspecified atom stereocenters. The largest absolute Gasteiger partial charge is 0.337 e. The van der Waals surface area contributed by atoms with Crippen LogP contribution in [-0.2, 0) is 0 Å². The van der Waals surface area contributed by atoms with E-state index in [4.69, 9.17) is 5.26 Å². The van der Waals surface area contributed by atoms with Crippen molar-refractivity contribution in [2.45, 2.75) is 12.5 Å². The molecule has 1 fully saturated rings. The minimum absolute atomic E-state index is 0.00340. The van der Waals surface area contributed by atoms with E-state index in [0.717, 1.165) is 30.6 Å². The number of carbonyl (C=O) groups is 1. The van der Waals surface area contributed by atoms with Crippen LogP contribution >= 0.6 is 0 Å². The molecule has 1 heterocycles. The molecule has 0 aliphatic carbocycles. The van der Waals surface area contributed by atoms with Crippen molar-refractivity contribution < 1.29 is 9.18 Å². The smallest absolute Gasteiger partial charge is 0.253 e. The molecule has 1 saturated heterocycles. The predicted octanol–water partition coefficient (Wildman–Crippen LogP) is 3.14. The zero-order valence-electron chi connectivity index (χ0n) is 14.4. The Balaban J connectivity index is 1.78. The van der Waals surface area contributed by atoms with Crippen LogP contribution in [0.2, 0.25) is 0 Å². The van der Waals surface area contributed by atoms with E-state index >= 15 is 0 Å². The molecule has 3 rings (SSSR count). The summed E-state index contributed by atoms with van der Waals surface area (Å²) in [4.78, 5) is 16.7. The molecule has 0 radical (unpaired) electrons. The van der Waals surface area contributed by atoms with Crippen LogP contribution in [0.4, 0.5) is 4.39 Å². The summed E-state index contributed by atoms with van der Waals surface area (Å²) in [6, 6.07) is 13.7. The molecule has 4 nitrogen and oxygen atoms in total. The van der Waals surface area contributed by atoms with Gasteiger partial charge in [-0.25, -0.2) is 4.39 Å². The molecule has 0 spiro atoms. The molecular formula is C20H20FN3O. The Kier molecular flexibility index (Phi) is 4.82. The molecule has 1 atom stereocenters. The zero-order valence-corrected chi connectivity index (χ0v) is 14.4. The molecular weight excluding hydrogens is 317 g/mol. The fraction of sp³-hybridized carbons (Fsp3) is 0.300. The Labute approximate surface area is 147 Å². The number of nitrogens with zero attached hydrogens (tertiary/aromatic N) is 3. The Hall–Kier alpha value is -2.71. The van der Waals surface area contributed by atoms with Crippen LogP contribution in [0, 0.1) is 17.1 Å². The number of rotatable bonds is 3. The summed E-state index contributed by atoms with van der Waals surface area (Å²) in [6.45, 7) is 1.90. The highest BCUT2D eigenvalue weighted by molar-refractivity contribution is 5.94. The van der Waals surface area contributed by atoms with Gasteiger partial charge in [0.05, 0.1) is 5.56 Å². The van der Waals surface area contributed by atoms with Crippen molar-refractivity contribution in [2.75, 3.05) is 27.2 Å². The maximum absolute atomic E-state index is 13.4. The SMILES string of the molecule is CN1CC[C@@H](N(C)C(=O)c2ccc(-c3ccc(F)c(C#N)c3)cc2)C1. The van der Waals surface area contributed by atoms with Crippen LogP contribution in [0.15, 0.2) is 42.5 Å². The van der Waals surface area contributed by atoms with Gasteiger partial charge >= 0.3 is 0 Å². The molecule has 2 aromatic rings. The van der Waals surface area contributed by atoms with Crippen LogP contribution in [0.5, 0.6) is 0 Å². The van der Waals surface area contributed by atoms with E-state index in [0.29, 0.717) is 5.56 Å². The highest BCUT2D eigenvalue weighted by atomic mass is 19.1. The molecule has 1 amide bonds. The number of hydrogen-bond acceptors (Lipinski definition) is 3. The van der Waals surface area contributed by atoms with E-state index in [1.165, 1.54) is 12.1 Å². The first-order chi connectivity index (χ1) is 12.0. The average Bonchev–Trinajstić information content (AvgIpc) is 3.07. The van der Waals surface area contributed by atoms with Crippen molar-refractivity contribution in [1.82, 2.24) is 9.80 Å². The molecule has 0 saturated carbocycles. The van der Waals surface area contributed by atoms with E-state index in [1.54, 1.807) is 18.2 Å². The van der Waals surface area contributed by atoms with Crippen molar-refractivity contribution in [3.05, 3.63) is 59.4 Å². The van der Waals surface area contributed by atoms with E-state index < -0.39 is 5.82 Å². The Morgan fingerprint density at radius 1 is 1.24 bits per heavy atom. The number of carbonyl (C=O) groups excluding carboxylic acids is 1. The summed E-state index contributed by atoms with van der Waals surface area (Å²) in [5.74, 6) is -0.523. The second-order valence-corrected chi connectivity index (χ2v) is 6.50. The molecule has 1 aliphatic rings. The van der Waals surface area contributed by atoms with Gasteiger partial charge in [-0.15, -0.1) is 0 Å². The second-order valence-electron chi connectivity index (χ2n) is 6.50. The van der Waals surface area contributed by atoms with Gasteiger partial charge in [0.15, 0.2) is 0 Å². The summed E-state index contributed by atoms with van der Waals surface area (Å²) >= 11 is 0. The maximum Gasteiger partial charge on any atom is 0.253 e. The van der Waals surface area contributed by atoms with Crippen LogP contribution in [0.25, 0.3) is 11.1 Å². The van der Waals surface area contributed by atoms with Gasteiger partial charge in [-0.05, 0) is 55.4 Å². The zero-order chi connectivity index (χ0) is 18.0. The molecule has 2 aromatic carbocycles. The van der Waals surface area contributed by atoms with Crippen molar-refractivity contribution in [3.8, 4) is 17.2 Å². The van der Waals surface area contributed by atoms with E-state index in [2.05, 4.69) is 11.9 Å². The molecule has 5 heteroatoms. The fourth-order valence-corrected chi connectivity index (χ4v) is 3.19. The Morgan fingerprint density at radius 2 is 1.92 bits per heavy atom. The first kappa shape index (κ1) is 17.1. The van der Waals surface area contributed by atoms with Gasteiger partial charge in [0, 0.05) is 25.2 Å². The highest BCUT2D eigenvalue weighted by Gasteiger charge is 2.26. The quantitative estimate of drug-likeness (QED) is 0.864. The number of amides is 1. The molecule has 25 heavy (non-hydrogen) atoms. The topological polar surface area (TPSA) is 47.3 Å². The molecule has 128 valence electrons. The number of likely N-dealkylation sites (N-methyl/N-ethyl adjacent to an activating group) is 2.